The molecule has 0 aliphatic rings. The first-order valence-electron chi connectivity index (χ1n) is 4.08. The normalized spacial score (nSPS) is 12.9. The lowest BCUT2D eigenvalue weighted by Crippen LogP contribution is -2.27. The second-order valence-corrected chi connectivity index (χ2v) is 3.87. The molecule has 0 aromatic carbocycles. The molecule has 0 bridgehead atoms. The van der Waals surface area contributed by atoms with E-state index in [4.69, 9.17) is 28.3 Å². The topological polar surface area (TPSA) is 55.1 Å². The maximum absolute atomic E-state index is 11.4. The van der Waals surface area contributed by atoms with Gasteiger partial charge in [-0.3, -0.25) is 4.79 Å². The number of nitrogens with zero attached hydrogens (tertiary/aromatic N) is 2. The zero-order valence-corrected chi connectivity index (χ0v) is 9.09. The molecule has 0 spiro atoms. The summed E-state index contributed by atoms with van der Waals surface area (Å²) in [6, 6.07) is 0. The van der Waals surface area contributed by atoms with Crippen molar-refractivity contribution in [1.82, 2.24) is 9.78 Å². The molecule has 1 N–H and O–H groups in total. The number of aliphatic hydroxyl groups excluding tert-OH is 1. The number of aliphatic hydroxyl groups is 1. The minimum Gasteiger partial charge on any atom is -0.396 e. The van der Waals surface area contributed by atoms with Crippen LogP contribution in [-0.2, 0) is 6.54 Å². The fourth-order valence-corrected chi connectivity index (χ4v) is 1.20. The van der Waals surface area contributed by atoms with Crippen LogP contribution in [0.15, 0.2) is 11.0 Å². The van der Waals surface area contributed by atoms with Gasteiger partial charge in [0.1, 0.15) is 5.02 Å². The summed E-state index contributed by atoms with van der Waals surface area (Å²) in [5.41, 5.74) is -0.431. The standard InChI is InChI=1S/C8H10Cl2N2O2/c1-5(4-13)3-12-8(14)7(10)6(9)2-11-12/h2,5,13H,3-4H2,1H3. The number of aromatic nitrogens is 2. The highest BCUT2D eigenvalue weighted by Gasteiger charge is 2.09. The van der Waals surface area contributed by atoms with Gasteiger partial charge in [0.15, 0.2) is 0 Å². The highest BCUT2D eigenvalue weighted by atomic mass is 35.5. The smallest absolute Gasteiger partial charge is 0.287 e. The van der Waals surface area contributed by atoms with E-state index in [1.807, 2.05) is 0 Å². The molecule has 0 fully saturated rings. The summed E-state index contributed by atoms with van der Waals surface area (Å²) >= 11 is 11.2. The lowest BCUT2D eigenvalue weighted by atomic mass is 10.2. The Morgan fingerprint density at radius 2 is 2.29 bits per heavy atom. The summed E-state index contributed by atoms with van der Waals surface area (Å²) in [6.45, 7) is 2.12. The van der Waals surface area contributed by atoms with E-state index >= 15 is 0 Å². The van der Waals surface area contributed by atoms with Crippen molar-refractivity contribution in [2.75, 3.05) is 6.61 Å². The van der Waals surface area contributed by atoms with Gasteiger partial charge in [-0.15, -0.1) is 0 Å². The average molecular weight is 237 g/mol. The van der Waals surface area contributed by atoms with E-state index in [1.54, 1.807) is 6.92 Å². The highest BCUT2D eigenvalue weighted by Crippen LogP contribution is 2.14. The lowest BCUT2D eigenvalue weighted by molar-refractivity contribution is 0.217. The summed E-state index contributed by atoms with van der Waals surface area (Å²) in [5, 5.41) is 12.7. The van der Waals surface area contributed by atoms with Crippen molar-refractivity contribution in [3.63, 3.8) is 0 Å². The van der Waals surface area contributed by atoms with E-state index in [9.17, 15) is 4.79 Å². The first kappa shape index (κ1) is 11.5. The van der Waals surface area contributed by atoms with Gasteiger partial charge in [0.05, 0.1) is 11.2 Å². The van der Waals surface area contributed by atoms with Crippen molar-refractivity contribution in [2.24, 2.45) is 5.92 Å². The second kappa shape index (κ2) is 4.77. The van der Waals surface area contributed by atoms with E-state index in [-0.39, 0.29) is 22.6 Å². The average Bonchev–Trinajstić information content (AvgIpc) is 2.19. The molecule has 1 aromatic rings. The van der Waals surface area contributed by atoms with Gasteiger partial charge < -0.3 is 5.11 Å². The molecular formula is C8H10Cl2N2O2. The van der Waals surface area contributed by atoms with Crippen molar-refractivity contribution in [1.29, 1.82) is 0 Å². The zero-order chi connectivity index (χ0) is 10.7. The molecule has 0 saturated heterocycles. The molecule has 0 amide bonds. The van der Waals surface area contributed by atoms with Gasteiger partial charge in [-0.2, -0.15) is 5.10 Å². The van der Waals surface area contributed by atoms with Crippen LogP contribution < -0.4 is 5.56 Å². The Morgan fingerprint density at radius 3 is 2.86 bits per heavy atom. The van der Waals surface area contributed by atoms with Crippen molar-refractivity contribution in [2.45, 2.75) is 13.5 Å². The molecule has 1 atom stereocenters. The van der Waals surface area contributed by atoms with Crippen LogP contribution >= 0.6 is 23.2 Å². The molecule has 4 nitrogen and oxygen atoms in total. The van der Waals surface area contributed by atoms with Gasteiger partial charge in [-0.05, 0) is 5.92 Å². The molecule has 0 radical (unpaired) electrons. The summed E-state index contributed by atoms with van der Waals surface area (Å²) in [7, 11) is 0. The zero-order valence-electron chi connectivity index (χ0n) is 7.57. The van der Waals surface area contributed by atoms with Crippen LogP contribution in [0.3, 0.4) is 0 Å². The largest absolute Gasteiger partial charge is 0.396 e. The fourth-order valence-electron chi connectivity index (χ4n) is 0.928. The lowest BCUT2D eigenvalue weighted by Gasteiger charge is -2.09. The van der Waals surface area contributed by atoms with Crippen LogP contribution in [-0.4, -0.2) is 21.5 Å². The fraction of sp³-hybridized carbons (Fsp3) is 0.500. The maximum Gasteiger partial charge on any atom is 0.287 e. The Balaban J connectivity index is 3.00. The molecule has 0 aliphatic heterocycles. The van der Waals surface area contributed by atoms with E-state index in [0.29, 0.717) is 6.54 Å². The molecule has 0 aliphatic carbocycles. The predicted molar refractivity (Wildman–Crippen MR) is 54.8 cm³/mol. The van der Waals surface area contributed by atoms with Crippen molar-refractivity contribution in [3.05, 3.63) is 26.6 Å². The predicted octanol–water partition coefficient (Wildman–Crippen LogP) is 1.18. The number of halogens is 2. The van der Waals surface area contributed by atoms with E-state index < -0.39 is 5.56 Å². The summed E-state index contributed by atoms with van der Waals surface area (Å²) in [4.78, 5) is 11.4. The van der Waals surface area contributed by atoms with Gasteiger partial charge in [0.2, 0.25) is 0 Å². The molecule has 1 unspecified atom stereocenters. The molecule has 14 heavy (non-hydrogen) atoms. The van der Waals surface area contributed by atoms with E-state index in [2.05, 4.69) is 5.10 Å². The van der Waals surface area contributed by atoms with Crippen LogP contribution in [0.4, 0.5) is 0 Å². The quantitative estimate of drug-likeness (QED) is 0.858. The third kappa shape index (κ3) is 2.47. The SMILES string of the molecule is CC(CO)Cn1ncc(Cl)c(Cl)c1=O. The Morgan fingerprint density at radius 1 is 1.64 bits per heavy atom. The highest BCUT2D eigenvalue weighted by molar-refractivity contribution is 6.41. The van der Waals surface area contributed by atoms with Crippen molar-refractivity contribution >= 4 is 23.2 Å². The minimum atomic E-state index is -0.431. The van der Waals surface area contributed by atoms with Crippen LogP contribution in [0.25, 0.3) is 0 Å². The molecule has 1 aromatic heterocycles. The summed E-state index contributed by atoms with van der Waals surface area (Å²) in [5.74, 6) is -0.0440. The molecule has 6 heteroatoms. The maximum atomic E-state index is 11.4. The number of rotatable bonds is 3. The molecule has 0 saturated carbocycles. The third-order valence-electron chi connectivity index (χ3n) is 1.74. The van der Waals surface area contributed by atoms with Gasteiger partial charge in [-0.25, -0.2) is 4.68 Å². The van der Waals surface area contributed by atoms with Gasteiger partial charge in [0, 0.05) is 13.2 Å². The third-order valence-corrected chi connectivity index (χ3v) is 2.49. The first-order chi connectivity index (χ1) is 6.56. The van der Waals surface area contributed by atoms with E-state index in [1.165, 1.54) is 10.9 Å². The molecule has 1 rings (SSSR count). The number of hydrogen-bond donors (Lipinski definition) is 1. The van der Waals surface area contributed by atoms with Crippen LogP contribution in [0.2, 0.25) is 10.0 Å². The Hall–Kier alpha value is -0.580. The van der Waals surface area contributed by atoms with E-state index in [0.717, 1.165) is 0 Å². The van der Waals surface area contributed by atoms with Gasteiger partial charge >= 0.3 is 0 Å². The van der Waals surface area contributed by atoms with Crippen molar-refractivity contribution < 1.29 is 5.11 Å². The van der Waals surface area contributed by atoms with Crippen LogP contribution in [0, 0.1) is 5.92 Å². The molecule has 1 heterocycles. The molecule has 78 valence electrons. The molecular weight excluding hydrogens is 227 g/mol. The second-order valence-electron chi connectivity index (χ2n) is 3.08. The Labute approximate surface area is 91.1 Å². The minimum absolute atomic E-state index is 0.00559. The summed E-state index contributed by atoms with van der Waals surface area (Å²) in [6.07, 6.45) is 1.31. The Bertz CT molecular complexity index is 378. The monoisotopic (exact) mass is 236 g/mol. The van der Waals surface area contributed by atoms with Crippen LogP contribution in [0.1, 0.15) is 6.92 Å². The number of hydrogen-bond acceptors (Lipinski definition) is 3. The summed E-state index contributed by atoms with van der Waals surface area (Å²) < 4.78 is 1.19. The van der Waals surface area contributed by atoms with Crippen molar-refractivity contribution in [3.8, 4) is 0 Å². The van der Waals surface area contributed by atoms with Gasteiger partial charge in [0.25, 0.3) is 5.56 Å². The first-order valence-corrected chi connectivity index (χ1v) is 4.83. The Kier molecular flexibility index (Phi) is 3.92. The van der Waals surface area contributed by atoms with Gasteiger partial charge in [-0.1, -0.05) is 30.1 Å². The van der Waals surface area contributed by atoms with Crippen LogP contribution in [0.5, 0.6) is 0 Å².